The topological polar surface area (TPSA) is 86.8 Å². The van der Waals surface area contributed by atoms with E-state index in [1.165, 1.54) is 11.1 Å². The normalized spacial score (nSPS) is 20.0. The van der Waals surface area contributed by atoms with Crippen LogP contribution < -0.4 is 10.2 Å². The summed E-state index contributed by atoms with van der Waals surface area (Å²) in [6.45, 7) is -1.19. The lowest BCUT2D eigenvalue weighted by Crippen LogP contribution is -2.46. The average Bonchev–Trinajstić information content (AvgIpc) is 3.39. The lowest BCUT2D eigenvalue weighted by Gasteiger charge is -2.32. The van der Waals surface area contributed by atoms with Crippen molar-refractivity contribution in [3.63, 3.8) is 0 Å². The standard InChI is InChI=1S/C21H19ClF4N6OS2.2H2/c22-11-4-12-13(7-28-16(12)27-6-11)17-29-8-14(23)18(31-17)32-10-20(34-2-1-3-35-20)5-15(32)19(33)30-9-21(24,25)26;;/h4,6-8,15H,1-3,5,9-10H2,(H,27,28)(H,30,33);2*1H/t15-;;/m1../s1. The molecule has 2 aliphatic rings. The highest BCUT2D eigenvalue weighted by Crippen LogP contribution is 2.51. The van der Waals surface area contributed by atoms with Crippen molar-refractivity contribution in [3.05, 3.63) is 35.5 Å². The van der Waals surface area contributed by atoms with Crippen LogP contribution in [-0.2, 0) is 4.79 Å². The fourth-order valence-corrected chi connectivity index (χ4v) is 7.79. The van der Waals surface area contributed by atoms with Gasteiger partial charge in [-0.2, -0.15) is 13.2 Å². The monoisotopic (exact) mass is 550 g/mol. The molecule has 0 radical (unpaired) electrons. The molecule has 1 amide bonds. The van der Waals surface area contributed by atoms with Crippen LogP contribution >= 0.6 is 35.1 Å². The molecular weight excluding hydrogens is 528 g/mol. The van der Waals surface area contributed by atoms with Gasteiger partial charge in [0, 0.05) is 39.2 Å². The SMILES string of the molecule is O=C(NCC(F)(F)F)[C@H]1CC2(CN1c1nc(-c3c[nH]c4ncc(Cl)cc34)ncc1F)SCCCS2.[HH].[HH]. The summed E-state index contributed by atoms with van der Waals surface area (Å²) in [6.07, 6.45) is 0.822. The Kier molecular flexibility index (Phi) is 6.51. The molecule has 0 aromatic carbocycles. The second-order valence-electron chi connectivity index (χ2n) is 8.26. The fourth-order valence-electron chi connectivity index (χ4n) is 4.28. The average molecular weight is 551 g/mol. The van der Waals surface area contributed by atoms with Gasteiger partial charge in [0.05, 0.1) is 15.3 Å². The molecule has 0 aliphatic carbocycles. The number of H-pyrrole nitrogens is 1. The number of alkyl halides is 3. The summed E-state index contributed by atoms with van der Waals surface area (Å²) in [5.41, 5.74) is 1.07. The maximum absolute atomic E-state index is 15.1. The minimum Gasteiger partial charge on any atom is -0.345 e. The highest BCUT2D eigenvalue weighted by atomic mass is 35.5. The molecule has 1 atom stereocenters. The molecule has 3 aromatic rings. The third kappa shape index (κ3) is 5.03. The predicted octanol–water partition coefficient (Wildman–Crippen LogP) is 5.13. The molecule has 5 heterocycles. The molecule has 0 unspecified atom stereocenters. The van der Waals surface area contributed by atoms with E-state index in [0.29, 0.717) is 21.6 Å². The van der Waals surface area contributed by atoms with Gasteiger partial charge in [0.1, 0.15) is 18.2 Å². The van der Waals surface area contributed by atoms with E-state index in [2.05, 4.69) is 19.9 Å². The number of thioether (sulfide) groups is 2. The third-order valence-electron chi connectivity index (χ3n) is 5.81. The van der Waals surface area contributed by atoms with E-state index in [1.54, 1.807) is 35.8 Å². The van der Waals surface area contributed by atoms with Crippen molar-refractivity contribution < 1.29 is 25.2 Å². The van der Waals surface area contributed by atoms with Gasteiger partial charge in [-0.25, -0.2) is 19.3 Å². The Morgan fingerprint density at radius 3 is 2.83 bits per heavy atom. The first-order valence-electron chi connectivity index (χ1n) is 10.7. The molecule has 2 fully saturated rings. The first-order valence-corrected chi connectivity index (χ1v) is 13.0. The summed E-state index contributed by atoms with van der Waals surface area (Å²) in [7, 11) is 0. The van der Waals surface area contributed by atoms with Gasteiger partial charge in [0.25, 0.3) is 0 Å². The summed E-state index contributed by atoms with van der Waals surface area (Å²) >= 11 is 9.38. The Morgan fingerprint density at radius 2 is 2.09 bits per heavy atom. The Hall–Kier alpha value is -2.25. The Bertz CT molecular complexity index is 1280. The molecule has 190 valence electrons. The number of rotatable bonds is 4. The molecule has 14 heteroatoms. The van der Waals surface area contributed by atoms with Crippen LogP contribution in [0.15, 0.2) is 24.7 Å². The number of aromatic amines is 1. The van der Waals surface area contributed by atoms with Gasteiger partial charge in [-0.15, -0.1) is 23.5 Å². The molecule has 2 N–H and O–H groups in total. The van der Waals surface area contributed by atoms with Crippen molar-refractivity contribution in [2.24, 2.45) is 0 Å². The number of aromatic nitrogens is 4. The lowest BCUT2D eigenvalue weighted by atomic mass is 10.2. The van der Waals surface area contributed by atoms with Gasteiger partial charge in [-0.3, -0.25) is 4.79 Å². The molecule has 1 spiro atoms. The maximum atomic E-state index is 15.1. The zero-order valence-electron chi connectivity index (χ0n) is 18.0. The highest BCUT2D eigenvalue weighted by Gasteiger charge is 2.50. The first kappa shape index (κ1) is 24.4. The van der Waals surface area contributed by atoms with E-state index in [9.17, 15) is 18.0 Å². The van der Waals surface area contributed by atoms with Crippen LogP contribution in [0.25, 0.3) is 22.4 Å². The molecule has 7 nitrogen and oxygen atoms in total. The van der Waals surface area contributed by atoms with Gasteiger partial charge in [0.2, 0.25) is 5.91 Å². The van der Waals surface area contributed by atoms with Crippen LogP contribution in [0, 0.1) is 5.82 Å². The number of hydrogen-bond donors (Lipinski definition) is 2. The van der Waals surface area contributed by atoms with Crippen molar-refractivity contribution in [2.75, 3.05) is 29.5 Å². The van der Waals surface area contributed by atoms with Crippen LogP contribution in [-0.4, -0.2) is 66.7 Å². The second kappa shape index (κ2) is 9.32. The predicted molar refractivity (Wildman–Crippen MR) is 133 cm³/mol. The van der Waals surface area contributed by atoms with Crippen LogP contribution in [0.5, 0.6) is 0 Å². The summed E-state index contributed by atoms with van der Waals surface area (Å²) in [4.78, 5) is 30.1. The summed E-state index contributed by atoms with van der Waals surface area (Å²) in [5, 5.41) is 2.99. The zero-order valence-corrected chi connectivity index (χ0v) is 20.4. The molecule has 2 aliphatic heterocycles. The molecule has 5 rings (SSSR count). The number of hydrogen-bond acceptors (Lipinski definition) is 7. The quantitative estimate of drug-likeness (QED) is 0.436. The lowest BCUT2D eigenvalue weighted by molar-refractivity contribution is -0.139. The molecule has 0 saturated carbocycles. The number of pyridine rings is 1. The molecule has 0 bridgehead atoms. The van der Waals surface area contributed by atoms with E-state index in [1.807, 2.05) is 5.32 Å². The number of halogens is 5. The number of carbonyl (C=O) groups is 1. The number of nitrogens with zero attached hydrogens (tertiary/aromatic N) is 4. The smallest absolute Gasteiger partial charge is 0.345 e. The van der Waals surface area contributed by atoms with Gasteiger partial charge in [-0.05, 0) is 24.0 Å². The van der Waals surface area contributed by atoms with Gasteiger partial charge in [0.15, 0.2) is 17.5 Å². The molecular formula is C21H23ClF4N6OS2. The van der Waals surface area contributed by atoms with E-state index >= 15 is 4.39 Å². The summed E-state index contributed by atoms with van der Waals surface area (Å²) in [5.74, 6) is 0.192. The van der Waals surface area contributed by atoms with E-state index in [4.69, 9.17) is 11.6 Å². The van der Waals surface area contributed by atoms with Crippen LogP contribution in [0.3, 0.4) is 0 Å². The minimum absolute atomic E-state index is 0. The highest BCUT2D eigenvalue weighted by molar-refractivity contribution is 8.18. The second-order valence-corrected chi connectivity index (χ2v) is 11.9. The summed E-state index contributed by atoms with van der Waals surface area (Å²) in [6, 6.07) is 0.669. The zero-order chi connectivity index (χ0) is 24.8. The minimum atomic E-state index is -4.55. The largest absolute Gasteiger partial charge is 0.405 e. The van der Waals surface area contributed by atoms with Crippen molar-refractivity contribution in [1.82, 2.24) is 25.3 Å². The number of nitrogens with one attached hydrogen (secondary N) is 2. The summed E-state index contributed by atoms with van der Waals surface area (Å²) < 4.78 is 52.9. The fraction of sp³-hybridized carbons (Fsp3) is 0.429. The van der Waals surface area contributed by atoms with E-state index < -0.39 is 34.6 Å². The van der Waals surface area contributed by atoms with Crippen LogP contribution in [0.1, 0.15) is 15.7 Å². The number of carbonyl (C=O) groups excluding carboxylic acids is 1. The van der Waals surface area contributed by atoms with Crippen molar-refractivity contribution in [3.8, 4) is 11.4 Å². The first-order chi connectivity index (χ1) is 16.6. The molecule has 2 saturated heterocycles. The van der Waals surface area contributed by atoms with E-state index in [0.717, 1.165) is 24.1 Å². The van der Waals surface area contributed by atoms with Crippen LogP contribution in [0.2, 0.25) is 5.02 Å². The maximum Gasteiger partial charge on any atom is 0.405 e. The van der Waals surface area contributed by atoms with Crippen LogP contribution in [0.4, 0.5) is 23.4 Å². The number of anilines is 1. The van der Waals surface area contributed by atoms with Crippen molar-refractivity contribution >= 4 is 57.9 Å². The van der Waals surface area contributed by atoms with Crippen molar-refractivity contribution in [1.29, 1.82) is 0 Å². The van der Waals surface area contributed by atoms with E-state index in [-0.39, 0.29) is 27.5 Å². The molecule has 35 heavy (non-hydrogen) atoms. The Labute approximate surface area is 213 Å². The van der Waals surface area contributed by atoms with Gasteiger partial charge in [-0.1, -0.05) is 11.6 Å². The van der Waals surface area contributed by atoms with Crippen molar-refractivity contribution in [2.45, 2.75) is 29.1 Å². The Morgan fingerprint density at radius 1 is 1.31 bits per heavy atom. The van der Waals surface area contributed by atoms with Gasteiger partial charge >= 0.3 is 6.18 Å². The number of amides is 1. The Balaban J connectivity index is 0.00000190. The number of fused-ring (bicyclic) bond motifs is 1. The van der Waals surface area contributed by atoms with Gasteiger partial charge < -0.3 is 15.2 Å². The third-order valence-corrected chi connectivity index (χ3v) is 9.36. The molecule has 3 aromatic heterocycles.